The fourth-order valence-corrected chi connectivity index (χ4v) is 0.869. The van der Waals surface area contributed by atoms with Crippen LogP contribution in [-0.4, -0.2) is 0 Å². The van der Waals surface area contributed by atoms with Crippen molar-refractivity contribution in [3.63, 3.8) is 0 Å². The highest BCUT2D eigenvalue weighted by Crippen LogP contribution is 2.08. The summed E-state index contributed by atoms with van der Waals surface area (Å²) < 4.78 is 0. The van der Waals surface area contributed by atoms with E-state index in [1.54, 1.807) is 5.54 Å². The predicted molar refractivity (Wildman–Crippen MR) is 39.1 cm³/mol. The molecular weight excluding hydrogens is 120 g/mol. The second kappa shape index (κ2) is 5.17. The number of allylic oxidation sites excluding steroid dienone is 1. The third kappa shape index (κ3) is 3.09. The summed E-state index contributed by atoms with van der Waals surface area (Å²) in [5.74, 6) is 0.687. The van der Waals surface area contributed by atoms with Crippen LogP contribution < -0.4 is 0 Å². The number of rotatable bonds is 3. The van der Waals surface area contributed by atoms with Crippen molar-refractivity contribution in [1.29, 1.82) is 0 Å². The Morgan fingerprint density at radius 1 is 1.38 bits per heavy atom. The minimum Gasteiger partial charge on any atom is -0.0933 e. The molecule has 0 atom stereocenters. The fraction of sp³-hybridized carbons (Fsp3) is 0.714. The Kier molecular flexibility index (Phi) is 5.19. The zero-order valence-electron chi connectivity index (χ0n) is 5.52. The topological polar surface area (TPSA) is 0 Å². The van der Waals surface area contributed by atoms with Crippen molar-refractivity contribution in [2.45, 2.75) is 26.7 Å². The fourth-order valence-electron chi connectivity index (χ4n) is 0.664. The van der Waals surface area contributed by atoms with Crippen molar-refractivity contribution < 1.29 is 0 Å². The molecule has 0 aromatic carbocycles. The molecule has 0 rings (SSSR count). The van der Waals surface area contributed by atoms with Gasteiger partial charge >= 0.3 is 0 Å². The van der Waals surface area contributed by atoms with E-state index in [9.17, 15) is 0 Å². The van der Waals surface area contributed by atoms with Gasteiger partial charge in [0.15, 0.2) is 0 Å². The molecule has 0 bridgehead atoms. The van der Waals surface area contributed by atoms with E-state index in [0.29, 0.717) is 5.92 Å². The molecule has 0 aromatic heterocycles. The van der Waals surface area contributed by atoms with Crippen LogP contribution in [0.5, 0.6) is 0 Å². The molecule has 0 saturated heterocycles. The van der Waals surface area contributed by atoms with Gasteiger partial charge in [-0.25, -0.2) is 0 Å². The van der Waals surface area contributed by atoms with Crippen molar-refractivity contribution in [3.8, 4) is 0 Å². The van der Waals surface area contributed by atoms with Crippen molar-refractivity contribution in [2.24, 2.45) is 5.92 Å². The lowest BCUT2D eigenvalue weighted by Gasteiger charge is -2.02. The Balaban J connectivity index is 3.36. The third-order valence-electron chi connectivity index (χ3n) is 1.39. The van der Waals surface area contributed by atoms with Crippen molar-refractivity contribution in [2.75, 3.05) is 0 Å². The van der Waals surface area contributed by atoms with E-state index < -0.39 is 0 Å². The van der Waals surface area contributed by atoms with E-state index in [2.05, 4.69) is 13.8 Å². The Labute approximate surface area is 56.5 Å². The first-order valence-corrected chi connectivity index (χ1v) is 3.55. The predicted octanol–water partition coefficient (Wildman–Crippen LogP) is 3.18. The van der Waals surface area contributed by atoms with E-state index in [1.807, 2.05) is 6.08 Å². The maximum atomic E-state index is 5.37. The lowest BCUT2D eigenvalue weighted by atomic mass is 10.0. The zero-order chi connectivity index (χ0) is 6.41. The summed E-state index contributed by atoms with van der Waals surface area (Å²) in [4.78, 5) is 0. The van der Waals surface area contributed by atoms with Gasteiger partial charge in [-0.3, -0.25) is 0 Å². The highest BCUT2D eigenvalue weighted by atomic mass is 35.5. The molecule has 48 valence electrons. The molecule has 0 radical (unpaired) electrons. The van der Waals surface area contributed by atoms with E-state index in [1.165, 1.54) is 12.8 Å². The largest absolute Gasteiger partial charge is 0.0933 e. The maximum Gasteiger partial charge on any atom is 0.000524 e. The van der Waals surface area contributed by atoms with Gasteiger partial charge in [0, 0.05) is 5.54 Å². The normalized spacial score (nSPS) is 11.5. The number of hydrogen-bond donors (Lipinski definition) is 0. The standard InChI is InChI=1S/C7H13Cl/c1-3-7(4-2)5-6-8/h5-7H,3-4H2,1-2H3/b6-5-. The minimum absolute atomic E-state index is 0.687. The first-order valence-electron chi connectivity index (χ1n) is 3.12. The average Bonchev–Trinajstić information content (AvgIpc) is 1.83. The molecule has 0 aromatic rings. The Bertz CT molecular complexity index is 62.8. The van der Waals surface area contributed by atoms with Crippen molar-refractivity contribution >= 4 is 11.6 Å². The van der Waals surface area contributed by atoms with Crippen LogP contribution in [0.2, 0.25) is 0 Å². The summed E-state index contributed by atoms with van der Waals surface area (Å²) in [5.41, 5.74) is 1.61. The lowest BCUT2D eigenvalue weighted by Crippen LogP contribution is -1.88. The van der Waals surface area contributed by atoms with Crippen LogP contribution in [-0.2, 0) is 0 Å². The van der Waals surface area contributed by atoms with Gasteiger partial charge in [0.25, 0.3) is 0 Å². The van der Waals surface area contributed by atoms with Gasteiger partial charge in [-0.15, -0.1) is 0 Å². The summed E-state index contributed by atoms with van der Waals surface area (Å²) in [6.45, 7) is 4.34. The second-order valence-corrected chi connectivity index (χ2v) is 2.15. The lowest BCUT2D eigenvalue weighted by molar-refractivity contribution is 0.607. The molecule has 0 aliphatic carbocycles. The average molecular weight is 133 g/mol. The summed E-state index contributed by atoms with van der Waals surface area (Å²) in [5, 5.41) is 0. The Morgan fingerprint density at radius 2 is 1.88 bits per heavy atom. The molecule has 0 spiro atoms. The van der Waals surface area contributed by atoms with Gasteiger partial charge in [0.1, 0.15) is 0 Å². The second-order valence-electron chi connectivity index (χ2n) is 1.90. The van der Waals surface area contributed by atoms with Gasteiger partial charge in [0.2, 0.25) is 0 Å². The van der Waals surface area contributed by atoms with Crippen LogP contribution in [0.1, 0.15) is 26.7 Å². The summed E-state index contributed by atoms with van der Waals surface area (Å²) in [6.07, 6.45) is 4.43. The molecule has 0 heterocycles. The van der Waals surface area contributed by atoms with Gasteiger partial charge in [-0.2, -0.15) is 0 Å². The first-order chi connectivity index (χ1) is 3.85. The highest BCUT2D eigenvalue weighted by molar-refractivity contribution is 6.25. The van der Waals surface area contributed by atoms with Gasteiger partial charge < -0.3 is 0 Å². The van der Waals surface area contributed by atoms with Crippen LogP contribution >= 0.6 is 11.6 Å². The van der Waals surface area contributed by atoms with Crippen LogP contribution in [0.15, 0.2) is 11.6 Å². The quantitative estimate of drug-likeness (QED) is 0.554. The van der Waals surface area contributed by atoms with Crippen LogP contribution in [0.3, 0.4) is 0 Å². The van der Waals surface area contributed by atoms with Gasteiger partial charge in [-0.05, 0) is 18.8 Å². The molecule has 0 saturated carbocycles. The van der Waals surface area contributed by atoms with Crippen molar-refractivity contribution in [1.82, 2.24) is 0 Å². The summed E-state index contributed by atoms with van der Waals surface area (Å²) >= 11 is 5.37. The number of halogens is 1. The highest BCUT2D eigenvalue weighted by Gasteiger charge is 1.94. The molecule has 0 unspecified atom stereocenters. The van der Waals surface area contributed by atoms with Crippen LogP contribution in [0.25, 0.3) is 0 Å². The first kappa shape index (κ1) is 8.03. The molecular formula is C7H13Cl. The zero-order valence-corrected chi connectivity index (χ0v) is 6.28. The smallest absolute Gasteiger partial charge is 0.000524 e. The molecule has 0 fully saturated rings. The van der Waals surface area contributed by atoms with Crippen LogP contribution in [0, 0.1) is 5.92 Å². The minimum atomic E-state index is 0.687. The van der Waals surface area contributed by atoms with Gasteiger partial charge in [0.05, 0.1) is 0 Å². The third-order valence-corrected chi connectivity index (χ3v) is 1.54. The Morgan fingerprint density at radius 3 is 2.00 bits per heavy atom. The van der Waals surface area contributed by atoms with E-state index in [4.69, 9.17) is 11.6 Å². The SMILES string of the molecule is CCC(/C=C\Cl)CC. The van der Waals surface area contributed by atoms with Crippen LogP contribution in [0.4, 0.5) is 0 Å². The molecule has 1 heteroatoms. The monoisotopic (exact) mass is 132 g/mol. The van der Waals surface area contributed by atoms with E-state index >= 15 is 0 Å². The number of hydrogen-bond acceptors (Lipinski definition) is 0. The molecule has 8 heavy (non-hydrogen) atoms. The van der Waals surface area contributed by atoms with Gasteiger partial charge in [-0.1, -0.05) is 31.5 Å². The van der Waals surface area contributed by atoms with Crippen molar-refractivity contribution in [3.05, 3.63) is 11.6 Å². The van der Waals surface area contributed by atoms with E-state index in [-0.39, 0.29) is 0 Å². The van der Waals surface area contributed by atoms with E-state index in [0.717, 1.165) is 0 Å². The molecule has 0 aliphatic rings. The summed E-state index contributed by atoms with van der Waals surface area (Å²) in [6, 6.07) is 0. The molecule has 0 amide bonds. The molecule has 0 aliphatic heterocycles. The molecule has 0 nitrogen and oxygen atoms in total. The summed E-state index contributed by atoms with van der Waals surface area (Å²) in [7, 11) is 0. The maximum absolute atomic E-state index is 5.37. The molecule has 0 N–H and O–H groups in total. The Hall–Kier alpha value is 0.0300.